The highest BCUT2D eigenvalue weighted by atomic mass is 16.5. The van der Waals surface area contributed by atoms with Gasteiger partial charge in [-0.15, -0.1) is 0 Å². The highest BCUT2D eigenvalue weighted by Crippen LogP contribution is 2.28. The predicted molar refractivity (Wildman–Crippen MR) is 162 cm³/mol. The first-order valence-corrected chi connectivity index (χ1v) is 13.8. The van der Waals surface area contributed by atoms with Gasteiger partial charge in [-0.1, -0.05) is 50.2 Å². The first kappa shape index (κ1) is 26.5. The second kappa shape index (κ2) is 11.4. The quantitative estimate of drug-likeness (QED) is 0.263. The van der Waals surface area contributed by atoms with Crippen LogP contribution in [0, 0.1) is 5.92 Å². The minimum absolute atomic E-state index is 0.0500. The molecule has 0 unspecified atom stereocenters. The van der Waals surface area contributed by atoms with E-state index in [0.717, 1.165) is 63.8 Å². The third kappa shape index (κ3) is 5.62. The minimum atomic E-state index is -0.869. The van der Waals surface area contributed by atoms with E-state index in [1.54, 1.807) is 0 Å². The number of aromatic nitrogens is 4. The summed E-state index contributed by atoms with van der Waals surface area (Å²) in [6.07, 6.45) is 7.83. The van der Waals surface area contributed by atoms with Gasteiger partial charge >= 0.3 is 5.97 Å². The van der Waals surface area contributed by atoms with Crippen molar-refractivity contribution in [3.05, 3.63) is 84.4 Å². The van der Waals surface area contributed by atoms with Gasteiger partial charge in [-0.05, 0) is 42.3 Å². The summed E-state index contributed by atoms with van der Waals surface area (Å²) < 4.78 is 7.63. The zero-order chi connectivity index (χ0) is 28.3. The molecule has 1 fully saturated rings. The monoisotopic (exact) mass is 548 g/mol. The number of benzene rings is 2. The molecule has 4 heterocycles. The second-order valence-electron chi connectivity index (χ2n) is 10.5. The first-order valence-electron chi connectivity index (χ1n) is 13.8. The molecule has 2 N–H and O–H groups in total. The number of nitrogens with one attached hydrogen (secondary N) is 1. The van der Waals surface area contributed by atoms with Gasteiger partial charge in [-0.3, -0.25) is 4.40 Å². The van der Waals surface area contributed by atoms with Gasteiger partial charge in [0.05, 0.1) is 42.0 Å². The van der Waals surface area contributed by atoms with Crippen molar-refractivity contribution in [2.45, 2.75) is 19.9 Å². The van der Waals surface area contributed by atoms with Crippen molar-refractivity contribution >= 4 is 46.2 Å². The number of carboxylic acid groups (broad SMARTS) is 1. The Morgan fingerprint density at radius 3 is 2.49 bits per heavy atom. The van der Waals surface area contributed by atoms with Crippen LogP contribution in [0.15, 0.2) is 73.1 Å². The Kier molecular flexibility index (Phi) is 7.35. The summed E-state index contributed by atoms with van der Waals surface area (Å²) >= 11 is 0. The fourth-order valence-electron chi connectivity index (χ4n) is 5.05. The van der Waals surface area contributed by atoms with E-state index in [9.17, 15) is 9.90 Å². The lowest BCUT2D eigenvalue weighted by atomic mass is 10.0. The zero-order valence-corrected chi connectivity index (χ0v) is 23.1. The van der Waals surface area contributed by atoms with E-state index >= 15 is 0 Å². The Morgan fingerprint density at radius 1 is 0.976 bits per heavy atom. The molecule has 9 heteroatoms. The average molecular weight is 549 g/mol. The van der Waals surface area contributed by atoms with Crippen molar-refractivity contribution in [3.63, 3.8) is 0 Å². The summed E-state index contributed by atoms with van der Waals surface area (Å²) in [4.78, 5) is 28.4. The number of imidazole rings is 1. The Balaban J connectivity index is 1.36. The standard InChI is InChI=1S/C32H32N6O3/c1-21(2)29(32(39)40)35-25-11-8-23(9-12-25)28-19-33-30(37-15-17-41-18-16-37)31-36-26(20-38(28)31)14-13-24-10-7-22-5-3-4-6-27(22)34-24/h3-14,19-21,29,35H,15-18H2,1-2H3,(H,39,40)/t29-/m0/s1. The second-order valence-corrected chi connectivity index (χ2v) is 10.5. The van der Waals surface area contributed by atoms with Crippen LogP contribution in [0.4, 0.5) is 11.5 Å². The molecule has 0 saturated carbocycles. The molecular weight excluding hydrogens is 516 g/mol. The van der Waals surface area contributed by atoms with Crippen LogP contribution in [0.3, 0.4) is 0 Å². The van der Waals surface area contributed by atoms with Gasteiger partial charge in [-0.25, -0.2) is 19.7 Å². The molecule has 6 rings (SSSR count). The van der Waals surface area contributed by atoms with Gasteiger partial charge in [0.2, 0.25) is 0 Å². The van der Waals surface area contributed by atoms with Crippen LogP contribution in [0.2, 0.25) is 0 Å². The summed E-state index contributed by atoms with van der Waals surface area (Å²) in [6.45, 7) is 6.58. The largest absolute Gasteiger partial charge is 0.480 e. The SMILES string of the molecule is CC(C)[C@H](Nc1ccc(-c2cnc(N3CCOCC3)c3nc(C=Cc4ccc5ccccc5n4)cn23)cc1)C(=O)O. The van der Waals surface area contributed by atoms with E-state index in [4.69, 9.17) is 19.7 Å². The van der Waals surface area contributed by atoms with Crippen molar-refractivity contribution in [1.82, 2.24) is 19.4 Å². The summed E-state index contributed by atoms with van der Waals surface area (Å²) in [6, 6.07) is 19.2. The number of para-hydroxylation sites is 1. The van der Waals surface area contributed by atoms with Crippen molar-refractivity contribution in [3.8, 4) is 11.3 Å². The highest BCUT2D eigenvalue weighted by molar-refractivity contribution is 5.81. The maximum Gasteiger partial charge on any atom is 0.326 e. The predicted octanol–water partition coefficient (Wildman–Crippen LogP) is 5.47. The van der Waals surface area contributed by atoms with Crippen molar-refractivity contribution in [1.29, 1.82) is 0 Å². The molecule has 0 bridgehead atoms. The molecule has 9 nitrogen and oxygen atoms in total. The molecule has 1 atom stereocenters. The third-order valence-corrected chi connectivity index (χ3v) is 7.28. The number of carboxylic acids is 1. The van der Waals surface area contributed by atoms with E-state index in [2.05, 4.69) is 26.8 Å². The maximum atomic E-state index is 11.6. The molecule has 1 saturated heterocycles. The summed E-state index contributed by atoms with van der Waals surface area (Å²) in [7, 11) is 0. The van der Waals surface area contributed by atoms with Crippen LogP contribution in [0.25, 0.3) is 40.0 Å². The fourth-order valence-corrected chi connectivity index (χ4v) is 5.05. The van der Waals surface area contributed by atoms with Crippen molar-refractivity contribution < 1.29 is 14.6 Å². The van der Waals surface area contributed by atoms with Crippen LogP contribution >= 0.6 is 0 Å². The van der Waals surface area contributed by atoms with E-state index < -0.39 is 12.0 Å². The topological polar surface area (TPSA) is 105 Å². The number of aliphatic carboxylic acids is 1. The van der Waals surface area contributed by atoms with E-state index in [1.807, 2.05) is 86.9 Å². The van der Waals surface area contributed by atoms with Gasteiger partial charge in [0.25, 0.3) is 0 Å². The first-order chi connectivity index (χ1) is 20.0. The molecule has 1 aliphatic heterocycles. The van der Waals surface area contributed by atoms with Crippen LogP contribution in [-0.4, -0.2) is 62.8 Å². The summed E-state index contributed by atoms with van der Waals surface area (Å²) in [5.41, 5.74) is 5.96. The number of rotatable bonds is 8. The van der Waals surface area contributed by atoms with Gasteiger partial charge in [0.15, 0.2) is 11.5 Å². The molecule has 208 valence electrons. The Hall–Kier alpha value is -4.76. The number of ether oxygens (including phenoxy) is 1. The van der Waals surface area contributed by atoms with Crippen LogP contribution in [0.1, 0.15) is 25.2 Å². The lowest BCUT2D eigenvalue weighted by Crippen LogP contribution is -2.37. The highest BCUT2D eigenvalue weighted by Gasteiger charge is 2.22. The number of nitrogens with zero attached hydrogens (tertiary/aromatic N) is 5. The number of carbonyl (C=O) groups is 1. The molecular formula is C32H32N6O3. The number of fused-ring (bicyclic) bond motifs is 2. The fraction of sp³-hybridized carbons (Fsp3) is 0.250. The van der Waals surface area contributed by atoms with Crippen LogP contribution < -0.4 is 10.2 Å². The number of hydrogen-bond acceptors (Lipinski definition) is 7. The molecule has 0 spiro atoms. The molecule has 41 heavy (non-hydrogen) atoms. The molecule has 0 radical (unpaired) electrons. The normalized spacial score (nSPS) is 14.8. The zero-order valence-electron chi connectivity index (χ0n) is 23.1. The van der Waals surface area contributed by atoms with Gasteiger partial charge in [0.1, 0.15) is 6.04 Å². The van der Waals surface area contributed by atoms with Crippen molar-refractivity contribution in [2.75, 3.05) is 36.5 Å². The Labute approximate surface area is 238 Å². The Bertz CT molecular complexity index is 1720. The van der Waals surface area contributed by atoms with E-state index in [0.29, 0.717) is 13.2 Å². The third-order valence-electron chi connectivity index (χ3n) is 7.28. The number of hydrogen-bond donors (Lipinski definition) is 2. The maximum absolute atomic E-state index is 11.6. The summed E-state index contributed by atoms with van der Waals surface area (Å²) in [5, 5.41) is 13.8. The van der Waals surface area contributed by atoms with Crippen LogP contribution in [-0.2, 0) is 9.53 Å². The summed E-state index contributed by atoms with van der Waals surface area (Å²) in [5.74, 6) is -0.0995. The molecule has 2 aromatic carbocycles. The van der Waals surface area contributed by atoms with E-state index in [1.165, 1.54) is 0 Å². The molecule has 5 aromatic rings. The lowest BCUT2D eigenvalue weighted by molar-refractivity contribution is -0.138. The molecule has 3 aromatic heterocycles. The van der Waals surface area contributed by atoms with Crippen molar-refractivity contribution in [2.24, 2.45) is 5.92 Å². The average Bonchev–Trinajstić information content (AvgIpc) is 3.43. The minimum Gasteiger partial charge on any atom is -0.480 e. The molecule has 0 aliphatic carbocycles. The van der Waals surface area contributed by atoms with Crippen LogP contribution in [0.5, 0.6) is 0 Å². The smallest absolute Gasteiger partial charge is 0.326 e. The van der Waals surface area contributed by atoms with E-state index in [-0.39, 0.29) is 5.92 Å². The Morgan fingerprint density at radius 2 is 1.73 bits per heavy atom. The number of morpholine rings is 1. The van der Waals surface area contributed by atoms with Gasteiger partial charge < -0.3 is 20.1 Å². The van der Waals surface area contributed by atoms with Gasteiger partial charge in [-0.2, -0.15) is 0 Å². The number of pyridine rings is 1. The number of anilines is 2. The van der Waals surface area contributed by atoms with Gasteiger partial charge in [0, 0.05) is 35.9 Å². The molecule has 1 aliphatic rings. The molecule has 0 amide bonds. The lowest BCUT2D eigenvalue weighted by Gasteiger charge is -2.28.